The summed E-state index contributed by atoms with van der Waals surface area (Å²) in [5, 5.41) is 0. The molecule has 1 fully saturated rings. The number of benzene rings is 1. The zero-order valence-electron chi connectivity index (χ0n) is 14.4. The van der Waals surface area contributed by atoms with Gasteiger partial charge in [-0.05, 0) is 62.8 Å². The van der Waals surface area contributed by atoms with Crippen molar-refractivity contribution in [3.8, 4) is 0 Å². The topological polar surface area (TPSA) is 46.3 Å². The van der Waals surface area contributed by atoms with E-state index in [1.54, 1.807) is 11.8 Å². The third-order valence-corrected chi connectivity index (χ3v) is 5.69. The maximum Gasteiger partial charge on any atom is 0.223 e. The molecule has 0 spiro atoms. The maximum atomic E-state index is 12.3. The number of piperidine rings is 1. The van der Waals surface area contributed by atoms with Crippen molar-refractivity contribution in [1.82, 2.24) is 4.90 Å². The molecule has 0 aliphatic carbocycles. The molecule has 5 heteroatoms. The van der Waals surface area contributed by atoms with Crippen LogP contribution in [-0.4, -0.2) is 35.7 Å². The lowest BCUT2D eigenvalue weighted by Crippen LogP contribution is -2.42. The molecular weight excluding hydrogens is 328 g/mol. The molecule has 1 aromatic carbocycles. The number of nitrogens with zero attached hydrogens (tertiary/aromatic N) is 1. The summed E-state index contributed by atoms with van der Waals surface area (Å²) in [6.07, 6.45) is 2.72. The first-order chi connectivity index (χ1) is 10.5. The van der Waals surface area contributed by atoms with Gasteiger partial charge in [-0.15, -0.1) is 24.2 Å². The number of aryl methyl sites for hydroxylation is 2. The Hall–Kier alpha value is -0.710. The summed E-state index contributed by atoms with van der Waals surface area (Å²) >= 11 is 1.77. The molecule has 130 valence electrons. The number of likely N-dealkylation sites (tertiary alicyclic amines) is 1. The third-order valence-electron chi connectivity index (χ3n) is 4.70. The van der Waals surface area contributed by atoms with Gasteiger partial charge in [-0.3, -0.25) is 4.79 Å². The summed E-state index contributed by atoms with van der Waals surface area (Å²) in [6, 6.07) is 6.75. The van der Waals surface area contributed by atoms with E-state index in [9.17, 15) is 4.79 Å². The molecule has 1 heterocycles. The van der Waals surface area contributed by atoms with E-state index < -0.39 is 0 Å². The van der Waals surface area contributed by atoms with E-state index in [2.05, 4.69) is 39.0 Å². The van der Waals surface area contributed by atoms with Crippen molar-refractivity contribution < 1.29 is 4.79 Å². The number of thioether (sulfide) groups is 1. The average molecular weight is 357 g/mol. The Balaban J connectivity index is 0.00000264. The lowest BCUT2D eigenvalue weighted by atomic mass is 9.91. The molecule has 1 amide bonds. The number of amides is 1. The van der Waals surface area contributed by atoms with Gasteiger partial charge >= 0.3 is 0 Å². The Morgan fingerprint density at radius 1 is 1.30 bits per heavy atom. The zero-order valence-corrected chi connectivity index (χ0v) is 16.0. The molecule has 0 radical (unpaired) electrons. The van der Waals surface area contributed by atoms with Crippen LogP contribution in [0, 0.1) is 19.8 Å². The van der Waals surface area contributed by atoms with Crippen LogP contribution in [0.1, 0.15) is 37.3 Å². The van der Waals surface area contributed by atoms with Gasteiger partial charge in [0, 0.05) is 36.2 Å². The lowest BCUT2D eigenvalue weighted by Gasteiger charge is -2.33. The molecular formula is C18H29ClN2OS. The van der Waals surface area contributed by atoms with Crippen LogP contribution in [0.25, 0.3) is 0 Å². The fourth-order valence-electron chi connectivity index (χ4n) is 2.89. The summed E-state index contributed by atoms with van der Waals surface area (Å²) in [5.41, 5.74) is 8.58. The van der Waals surface area contributed by atoms with Crippen LogP contribution >= 0.6 is 24.2 Å². The number of hydrogen-bond acceptors (Lipinski definition) is 3. The Morgan fingerprint density at radius 2 is 1.96 bits per heavy atom. The largest absolute Gasteiger partial charge is 0.343 e. The van der Waals surface area contributed by atoms with Crippen molar-refractivity contribution in [3.05, 3.63) is 29.3 Å². The van der Waals surface area contributed by atoms with Gasteiger partial charge in [0.25, 0.3) is 0 Å². The van der Waals surface area contributed by atoms with Crippen molar-refractivity contribution in [3.63, 3.8) is 0 Å². The molecule has 1 unspecified atom stereocenters. The van der Waals surface area contributed by atoms with Crippen LogP contribution in [-0.2, 0) is 4.79 Å². The van der Waals surface area contributed by atoms with Crippen molar-refractivity contribution in [2.24, 2.45) is 11.7 Å². The highest BCUT2D eigenvalue weighted by molar-refractivity contribution is 7.99. The molecule has 1 aliphatic heterocycles. The molecule has 1 atom stereocenters. The van der Waals surface area contributed by atoms with E-state index in [1.807, 2.05) is 4.90 Å². The summed E-state index contributed by atoms with van der Waals surface area (Å²) in [6.45, 7) is 8.08. The van der Waals surface area contributed by atoms with Gasteiger partial charge in [-0.1, -0.05) is 6.07 Å². The molecule has 0 aromatic heterocycles. The number of hydrogen-bond donors (Lipinski definition) is 1. The molecule has 0 saturated carbocycles. The van der Waals surface area contributed by atoms with Crippen LogP contribution in [0.15, 0.2) is 23.1 Å². The molecule has 2 rings (SSSR count). The van der Waals surface area contributed by atoms with Gasteiger partial charge in [0.2, 0.25) is 5.91 Å². The number of carbonyl (C=O) groups is 1. The number of halogens is 1. The van der Waals surface area contributed by atoms with E-state index in [1.165, 1.54) is 16.0 Å². The van der Waals surface area contributed by atoms with E-state index in [4.69, 9.17) is 5.73 Å². The fourth-order valence-corrected chi connectivity index (χ4v) is 3.83. The summed E-state index contributed by atoms with van der Waals surface area (Å²) < 4.78 is 0. The van der Waals surface area contributed by atoms with Crippen LogP contribution in [0.5, 0.6) is 0 Å². The van der Waals surface area contributed by atoms with E-state index >= 15 is 0 Å². The summed E-state index contributed by atoms with van der Waals surface area (Å²) in [7, 11) is 0. The first-order valence-corrected chi connectivity index (χ1v) is 9.19. The standard InChI is InChI=1S/C18H28N2OS.ClH/c1-13-4-5-17(12-14(13)2)22-11-8-18(21)20-9-6-16(7-10-20)15(3)19;/h4-5,12,15-16H,6-11,19H2,1-3H3;1H. The highest BCUT2D eigenvalue weighted by Crippen LogP contribution is 2.23. The molecule has 0 bridgehead atoms. The fraction of sp³-hybridized carbons (Fsp3) is 0.611. The molecule has 1 saturated heterocycles. The molecule has 1 aliphatic rings. The van der Waals surface area contributed by atoms with Crippen LogP contribution in [0.3, 0.4) is 0 Å². The smallest absolute Gasteiger partial charge is 0.223 e. The number of rotatable bonds is 5. The van der Waals surface area contributed by atoms with Crippen LogP contribution in [0.4, 0.5) is 0 Å². The Labute approximate surface area is 150 Å². The second kappa shape index (κ2) is 9.55. The normalized spacial score (nSPS) is 16.8. The maximum absolute atomic E-state index is 12.3. The first-order valence-electron chi connectivity index (χ1n) is 8.21. The minimum absolute atomic E-state index is 0. The lowest BCUT2D eigenvalue weighted by molar-refractivity contribution is -0.132. The Morgan fingerprint density at radius 3 is 2.52 bits per heavy atom. The van der Waals surface area contributed by atoms with Gasteiger partial charge < -0.3 is 10.6 Å². The van der Waals surface area contributed by atoms with Crippen LogP contribution < -0.4 is 5.73 Å². The highest BCUT2D eigenvalue weighted by Gasteiger charge is 2.24. The predicted molar refractivity (Wildman–Crippen MR) is 101 cm³/mol. The molecule has 2 N–H and O–H groups in total. The third kappa shape index (κ3) is 6.02. The number of nitrogens with two attached hydrogens (primary N) is 1. The van der Waals surface area contributed by atoms with Crippen LogP contribution in [0.2, 0.25) is 0 Å². The SMILES string of the molecule is Cc1ccc(SCCC(=O)N2CCC(C(C)N)CC2)cc1C.Cl. The zero-order chi connectivity index (χ0) is 16.1. The summed E-state index contributed by atoms with van der Waals surface area (Å²) in [4.78, 5) is 15.5. The first kappa shape index (κ1) is 20.3. The molecule has 3 nitrogen and oxygen atoms in total. The number of carbonyl (C=O) groups excluding carboxylic acids is 1. The average Bonchev–Trinajstić information content (AvgIpc) is 2.51. The minimum atomic E-state index is 0. The quantitative estimate of drug-likeness (QED) is 0.816. The van der Waals surface area contributed by atoms with Gasteiger partial charge in [0.05, 0.1) is 0 Å². The molecule has 1 aromatic rings. The van der Waals surface area contributed by atoms with Gasteiger partial charge in [-0.2, -0.15) is 0 Å². The van der Waals surface area contributed by atoms with Crippen molar-refractivity contribution >= 4 is 30.1 Å². The Kier molecular flexibility index (Phi) is 8.45. The van der Waals surface area contributed by atoms with E-state index in [0.717, 1.165) is 31.7 Å². The van der Waals surface area contributed by atoms with Crippen molar-refractivity contribution in [2.75, 3.05) is 18.8 Å². The highest BCUT2D eigenvalue weighted by atomic mass is 35.5. The second-order valence-electron chi connectivity index (χ2n) is 6.42. The van der Waals surface area contributed by atoms with Gasteiger partial charge in [0.1, 0.15) is 0 Å². The molecule has 23 heavy (non-hydrogen) atoms. The van der Waals surface area contributed by atoms with Crippen molar-refractivity contribution in [1.29, 1.82) is 0 Å². The monoisotopic (exact) mass is 356 g/mol. The van der Waals surface area contributed by atoms with E-state index in [0.29, 0.717) is 18.2 Å². The summed E-state index contributed by atoms with van der Waals surface area (Å²) in [5.74, 6) is 1.72. The van der Waals surface area contributed by atoms with Gasteiger partial charge in [-0.25, -0.2) is 0 Å². The van der Waals surface area contributed by atoms with Gasteiger partial charge in [0.15, 0.2) is 0 Å². The second-order valence-corrected chi connectivity index (χ2v) is 7.59. The predicted octanol–water partition coefficient (Wildman–Crippen LogP) is 3.79. The Bertz CT molecular complexity index is 514. The van der Waals surface area contributed by atoms with Crippen molar-refractivity contribution in [2.45, 2.75) is 51.0 Å². The minimum Gasteiger partial charge on any atom is -0.343 e. The van der Waals surface area contributed by atoms with E-state index in [-0.39, 0.29) is 18.4 Å².